The van der Waals surface area contributed by atoms with Crippen molar-refractivity contribution in [3.63, 3.8) is 0 Å². The first kappa shape index (κ1) is 50.8. The van der Waals surface area contributed by atoms with Crippen molar-refractivity contribution in [3.05, 3.63) is 220 Å². The van der Waals surface area contributed by atoms with Crippen LogP contribution in [-0.4, -0.2) is 25.6 Å². The predicted octanol–water partition coefficient (Wildman–Crippen LogP) is 15.3. The number of hydrogen-bond acceptors (Lipinski definition) is 5. The summed E-state index contributed by atoms with van der Waals surface area (Å²) in [5, 5.41) is 0. The van der Waals surface area contributed by atoms with Gasteiger partial charge in [0, 0.05) is 17.2 Å². The van der Waals surface area contributed by atoms with Crippen molar-refractivity contribution >= 4 is 5.78 Å². The molecule has 63 heavy (non-hydrogen) atoms. The maximum Gasteiger partial charge on any atom is 0.193 e. The van der Waals surface area contributed by atoms with Crippen LogP contribution in [0.4, 0.5) is 0 Å². The van der Waals surface area contributed by atoms with Crippen LogP contribution < -0.4 is 18.9 Å². The summed E-state index contributed by atoms with van der Waals surface area (Å²) in [6.07, 6.45) is 2.28. The molecule has 0 spiro atoms. The lowest BCUT2D eigenvalue weighted by Crippen LogP contribution is -2.04. The van der Waals surface area contributed by atoms with Crippen LogP contribution in [0.2, 0.25) is 0 Å². The summed E-state index contributed by atoms with van der Waals surface area (Å²) in [7, 11) is 0. The first-order valence-corrected chi connectivity index (χ1v) is 22.1. The number of ketones is 1. The first-order valence-electron chi connectivity index (χ1n) is 22.1. The van der Waals surface area contributed by atoms with Gasteiger partial charge in [-0.3, -0.25) is 4.79 Å². The van der Waals surface area contributed by atoms with Crippen LogP contribution in [-0.2, 0) is 12.8 Å². The molecule has 0 aliphatic carbocycles. The van der Waals surface area contributed by atoms with E-state index in [1.165, 1.54) is 27.8 Å². The van der Waals surface area contributed by atoms with Gasteiger partial charge in [-0.05, 0) is 150 Å². The highest BCUT2D eigenvalue weighted by Crippen LogP contribution is 2.29. The predicted molar refractivity (Wildman–Crippen MR) is 265 cm³/mol. The molecule has 0 saturated carbocycles. The Bertz CT molecular complexity index is 2330. The average molecular weight is 845 g/mol. The van der Waals surface area contributed by atoms with Gasteiger partial charge in [0.05, 0.1) is 19.8 Å². The number of aryl methyl sites for hydroxylation is 7. The van der Waals surface area contributed by atoms with E-state index in [0.717, 1.165) is 64.9 Å². The number of rotatable bonds is 12. The van der Waals surface area contributed by atoms with E-state index in [1.807, 2.05) is 150 Å². The van der Waals surface area contributed by atoms with Crippen LogP contribution >= 0.6 is 0 Å². The topological polar surface area (TPSA) is 54.0 Å². The summed E-state index contributed by atoms with van der Waals surface area (Å²) in [5.41, 5.74) is 10.3. The van der Waals surface area contributed by atoms with Gasteiger partial charge in [-0.25, -0.2) is 0 Å². The molecule has 0 unspecified atom stereocenters. The normalized spacial score (nSPS) is 9.81. The van der Waals surface area contributed by atoms with Gasteiger partial charge in [-0.2, -0.15) is 0 Å². The molecular formula is C58H68O5. The SMILES string of the molecule is CCOc1ccc(C(=O)c2ccccc2)c(C)c1.CCOc1ccc(C)c(Oc2ccccc2)c1.CCOc1cccc(C)c1.CCc1ccc(C)cc1.CCc1ccccc1C. The minimum Gasteiger partial charge on any atom is -0.494 e. The van der Waals surface area contributed by atoms with Crippen LogP contribution in [0.1, 0.15) is 89.5 Å². The molecule has 0 heterocycles. The Hall–Kier alpha value is -6.59. The van der Waals surface area contributed by atoms with Crippen molar-refractivity contribution in [2.24, 2.45) is 0 Å². The van der Waals surface area contributed by atoms with Crippen molar-refractivity contribution in [1.82, 2.24) is 0 Å². The van der Waals surface area contributed by atoms with E-state index in [9.17, 15) is 4.79 Å². The number of benzene rings is 7. The molecule has 0 aromatic heterocycles. The second-order valence-electron chi connectivity index (χ2n) is 14.7. The molecule has 7 rings (SSSR count). The second-order valence-corrected chi connectivity index (χ2v) is 14.7. The van der Waals surface area contributed by atoms with Crippen molar-refractivity contribution in [1.29, 1.82) is 0 Å². The summed E-state index contributed by atoms with van der Waals surface area (Å²) < 4.78 is 22.0. The zero-order valence-electron chi connectivity index (χ0n) is 39.2. The minimum atomic E-state index is 0.0520. The van der Waals surface area contributed by atoms with Crippen LogP contribution in [0.3, 0.4) is 0 Å². The molecule has 330 valence electrons. The fourth-order valence-electron chi connectivity index (χ4n) is 6.16. The molecule has 0 aliphatic rings. The number of carbonyl (C=O) groups excluding carboxylic acids is 1. The third-order valence-electron chi connectivity index (χ3n) is 9.70. The van der Waals surface area contributed by atoms with Crippen molar-refractivity contribution in [3.8, 4) is 28.7 Å². The van der Waals surface area contributed by atoms with E-state index in [2.05, 4.69) is 89.2 Å². The van der Waals surface area contributed by atoms with E-state index in [-0.39, 0.29) is 5.78 Å². The molecule has 0 amide bonds. The number of para-hydroxylation sites is 1. The second kappa shape index (κ2) is 28.8. The highest BCUT2D eigenvalue weighted by atomic mass is 16.5. The van der Waals surface area contributed by atoms with Gasteiger partial charge in [-0.15, -0.1) is 0 Å². The van der Waals surface area contributed by atoms with Crippen molar-refractivity contribution in [2.75, 3.05) is 19.8 Å². The standard InChI is InChI=1S/C16H16O2.C15H16O2.C9H12O.2C9H12/c1-3-18-14-9-10-15(12(2)11-14)16(17)13-7-5-4-6-8-13;1-3-16-14-10-9-12(2)15(11-14)17-13-7-5-4-6-8-13;1-3-10-9-6-4-5-8(2)7-9;1-3-9-6-4-8(2)5-7-9;1-3-9-7-5-4-6-8(9)2/h4-11H,3H2,1-2H3;4-11H,3H2,1-2H3;4-7H,3H2,1-2H3;2*4-7H,3H2,1-2H3. The van der Waals surface area contributed by atoms with E-state index in [0.29, 0.717) is 18.8 Å². The van der Waals surface area contributed by atoms with Gasteiger partial charge in [-0.1, -0.05) is 135 Å². The molecule has 5 nitrogen and oxygen atoms in total. The largest absolute Gasteiger partial charge is 0.494 e. The van der Waals surface area contributed by atoms with E-state index in [4.69, 9.17) is 18.9 Å². The Morgan fingerprint density at radius 2 is 0.952 bits per heavy atom. The Morgan fingerprint density at radius 3 is 1.49 bits per heavy atom. The zero-order valence-corrected chi connectivity index (χ0v) is 39.2. The molecule has 7 aromatic carbocycles. The molecule has 5 heteroatoms. The summed E-state index contributed by atoms with van der Waals surface area (Å²) >= 11 is 0. The van der Waals surface area contributed by atoms with Crippen LogP contribution in [0.15, 0.2) is 170 Å². The van der Waals surface area contributed by atoms with Crippen LogP contribution in [0.25, 0.3) is 0 Å². The summed E-state index contributed by atoms with van der Waals surface area (Å²) in [5.74, 6) is 4.33. The smallest absolute Gasteiger partial charge is 0.193 e. The Balaban J connectivity index is 0.000000217. The van der Waals surface area contributed by atoms with Crippen molar-refractivity contribution in [2.45, 2.75) is 82.1 Å². The molecule has 0 N–H and O–H groups in total. The Labute approximate surface area is 378 Å². The molecule has 0 radical (unpaired) electrons. The lowest BCUT2D eigenvalue weighted by Gasteiger charge is -2.10. The first-order chi connectivity index (χ1) is 30.5. The van der Waals surface area contributed by atoms with Crippen molar-refractivity contribution < 1.29 is 23.7 Å². The van der Waals surface area contributed by atoms with Gasteiger partial charge in [0.15, 0.2) is 5.78 Å². The van der Waals surface area contributed by atoms with E-state index in [1.54, 1.807) is 0 Å². The van der Waals surface area contributed by atoms with E-state index < -0.39 is 0 Å². The zero-order chi connectivity index (χ0) is 45.8. The number of ether oxygens (including phenoxy) is 4. The number of carbonyl (C=O) groups is 1. The third-order valence-corrected chi connectivity index (χ3v) is 9.70. The molecule has 7 aromatic rings. The fourth-order valence-corrected chi connectivity index (χ4v) is 6.16. The van der Waals surface area contributed by atoms with Gasteiger partial charge in [0.2, 0.25) is 0 Å². The summed E-state index contributed by atoms with van der Waals surface area (Å²) in [6.45, 7) is 22.6. The van der Waals surface area contributed by atoms with E-state index >= 15 is 0 Å². The van der Waals surface area contributed by atoms with Gasteiger partial charge >= 0.3 is 0 Å². The summed E-state index contributed by atoms with van der Waals surface area (Å²) in [4.78, 5) is 12.3. The monoisotopic (exact) mass is 845 g/mol. The highest BCUT2D eigenvalue weighted by molar-refractivity contribution is 6.09. The van der Waals surface area contributed by atoms with Gasteiger partial charge in [0.25, 0.3) is 0 Å². The summed E-state index contributed by atoms with van der Waals surface area (Å²) in [6, 6.07) is 55.7. The van der Waals surface area contributed by atoms with Crippen LogP contribution in [0.5, 0.6) is 28.7 Å². The lowest BCUT2D eigenvalue weighted by atomic mass is 9.99. The minimum absolute atomic E-state index is 0.0520. The molecule has 0 saturated heterocycles. The third kappa shape index (κ3) is 18.9. The average Bonchev–Trinajstić information content (AvgIpc) is 3.30. The fraction of sp³-hybridized carbons (Fsp3) is 0.259. The maximum atomic E-state index is 12.3. The van der Waals surface area contributed by atoms with Gasteiger partial charge < -0.3 is 18.9 Å². The molecule has 0 aliphatic heterocycles. The number of hydrogen-bond donors (Lipinski definition) is 0. The Kier molecular flexibility index (Phi) is 23.2. The molecule has 0 fully saturated rings. The molecule has 0 bridgehead atoms. The van der Waals surface area contributed by atoms with Crippen LogP contribution in [0, 0.1) is 34.6 Å². The molecular weight excluding hydrogens is 777 g/mol. The Morgan fingerprint density at radius 1 is 0.413 bits per heavy atom. The highest BCUT2D eigenvalue weighted by Gasteiger charge is 2.12. The lowest BCUT2D eigenvalue weighted by molar-refractivity contribution is 0.103. The van der Waals surface area contributed by atoms with Gasteiger partial charge in [0.1, 0.15) is 28.7 Å². The quantitative estimate of drug-likeness (QED) is 0.115. The molecule has 0 atom stereocenters. The maximum absolute atomic E-state index is 12.3.